The van der Waals surface area contributed by atoms with Crippen LogP contribution in [0.25, 0.3) is 0 Å². The molecule has 0 aliphatic heterocycles. The van der Waals surface area contributed by atoms with Gasteiger partial charge in [-0.05, 0) is 60.8 Å². The maximum Gasteiger partial charge on any atom is 0.223 e. The maximum atomic E-state index is 13.2. The van der Waals surface area contributed by atoms with E-state index in [-0.39, 0.29) is 23.7 Å². The molecule has 0 heterocycles. The van der Waals surface area contributed by atoms with Crippen LogP contribution in [0.2, 0.25) is 0 Å². The van der Waals surface area contributed by atoms with Gasteiger partial charge in [0.2, 0.25) is 5.91 Å². The Morgan fingerprint density at radius 2 is 1.61 bits per heavy atom. The van der Waals surface area contributed by atoms with Gasteiger partial charge in [0.1, 0.15) is 5.75 Å². The van der Waals surface area contributed by atoms with Gasteiger partial charge in [0.25, 0.3) is 0 Å². The van der Waals surface area contributed by atoms with Crippen molar-refractivity contribution in [3.8, 4) is 17.2 Å². The fraction of sp³-hybridized carbons (Fsp3) is 0.606. The third-order valence-corrected chi connectivity index (χ3v) is 7.77. The van der Waals surface area contributed by atoms with Gasteiger partial charge in [0, 0.05) is 44.2 Å². The molecule has 2 rings (SSSR count). The molecule has 41 heavy (non-hydrogen) atoms. The Kier molecular flexibility index (Phi) is 15.0. The largest absolute Gasteiger partial charge is 0.496 e. The molecule has 0 fully saturated rings. The van der Waals surface area contributed by atoms with Crippen LogP contribution >= 0.6 is 0 Å². The summed E-state index contributed by atoms with van der Waals surface area (Å²) in [4.78, 5) is 13.2. The van der Waals surface area contributed by atoms with Gasteiger partial charge in [-0.2, -0.15) is 0 Å². The number of para-hydroxylation sites is 1. The van der Waals surface area contributed by atoms with Crippen molar-refractivity contribution in [2.75, 3.05) is 34.5 Å². The number of benzene rings is 2. The van der Waals surface area contributed by atoms with Crippen molar-refractivity contribution in [3.63, 3.8) is 0 Å². The number of ether oxygens (including phenoxy) is 4. The number of hydrogen-bond acceptors (Lipinski definition) is 7. The minimum Gasteiger partial charge on any atom is -0.496 e. The Morgan fingerprint density at radius 3 is 2.24 bits per heavy atom. The summed E-state index contributed by atoms with van der Waals surface area (Å²) in [5.74, 6) is 2.35. The Bertz CT molecular complexity index is 1040. The molecule has 0 spiro atoms. The van der Waals surface area contributed by atoms with Crippen molar-refractivity contribution in [1.29, 1.82) is 0 Å². The van der Waals surface area contributed by atoms with E-state index in [0.29, 0.717) is 50.0 Å². The number of nitrogens with two attached hydrogens (primary N) is 1. The normalized spacial score (nSPS) is 14.4. The Hall–Kier alpha value is -2.81. The van der Waals surface area contributed by atoms with Crippen LogP contribution in [0.1, 0.15) is 58.1 Å². The molecule has 0 bridgehead atoms. The molecular formula is C33H52N2O6. The lowest BCUT2D eigenvalue weighted by Gasteiger charge is -2.30. The molecule has 8 nitrogen and oxygen atoms in total. The number of rotatable bonds is 19. The van der Waals surface area contributed by atoms with Gasteiger partial charge in [0.05, 0.1) is 26.9 Å². The number of methoxy groups -OCH3 is 3. The average Bonchev–Trinajstić information content (AvgIpc) is 2.96. The van der Waals surface area contributed by atoms with Crippen LogP contribution in [0.3, 0.4) is 0 Å². The predicted octanol–water partition coefficient (Wildman–Crippen LogP) is 4.99. The summed E-state index contributed by atoms with van der Waals surface area (Å²) in [5.41, 5.74) is 8.61. The first-order valence-electron chi connectivity index (χ1n) is 14.7. The second-order valence-electron chi connectivity index (χ2n) is 11.5. The topological polar surface area (TPSA) is 112 Å². The fourth-order valence-electron chi connectivity index (χ4n) is 5.03. The molecule has 0 saturated carbocycles. The summed E-state index contributed by atoms with van der Waals surface area (Å²) in [6, 6.07) is 13.2. The van der Waals surface area contributed by atoms with Crippen molar-refractivity contribution < 1.29 is 28.8 Å². The molecule has 4 atom stereocenters. The second-order valence-corrected chi connectivity index (χ2v) is 11.5. The van der Waals surface area contributed by atoms with Crippen molar-refractivity contribution >= 4 is 5.91 Å². The Morgan fingerprint density at radius 1 is 0.902 bits per heavy atom. The first-order valence-corrected chi connectivity index (χ1v) is 14.7. The number of nitrogens with one attached hydrogen (secondary N) is 1. The highest BCUT2D eigenvalue weighted by atomic mass is 16.5. The van der Waals surface area contributed by atoms with Crippen LogP contribution in [0, 0.1) is 23.7 Å². The number of aliphatic hydroxyl groups excluding tert-OH is 1. The van der Waals surface area contributed by atoms with Crippen molar-refractivity contribution in [2.24, 2.45) is 29.4 Å². The third kappa shape index (κ3) is 11.2. The van der Waals surface area contributed by atoms with Crippen LogP contribution in [-0.4, -0.2) is 57.7 Å². The fourth-order valence-corrected chi connectivity index (χ4v) is 5.03. The van der Waals surface area contributed by atoms with E-state index in [1.807, 2.05) is 50.2 Å². The first-order chi connectivity index (χ1) is 19.6. The highest BCUT2D eigenvalue weighted by Crippen LogP contribution is 2.32. The lowest BCUT2D eigenvalue weighted by atomic mass is 9.81. The van der Waals surface area contributed by atoms with Crippen molar-refractivity contribution in [1.82, 2.24) is 5.32 Å². The lowest BCUT2D eigenvalue weighted by molar-refractivity contribution is -0.127. The molecule has 4 N–H and O–H groups in total. The van der Waals surface area contributed by atoms with E-state index in [1.54, 1.807) is 21.3 Å². The zero-order valence-corrected chi connectivity index (χ0v) is 26.0. The van der Waals surface area contributed by atoms with E-state index >= 15 is 0 Å². The minimum absolute atomic E-state index is 0.0528. The molecule has 0 aliphatic carbocycles. The quantitative estimate of drug-likeness (QED) is 0.203. The highest BCUT2D eigenvalue weighted by Gasteiger charge is 2.30. The molecule has 0 saturated heterocycles. The zero-order chi connectivity index (χ0) is 30.4. The Labute approximate surface area is 246 Å². The van der Waals surface area contributed by atoms with Gasteiger partial charge < -0.3 is 35.1 Å². The van der Waals surface area contributed by atoms with Gasteiger partial charge in [-0.3, -0.25) is 4.79 Å². The van der Waals surface area contributed by atoms with E-state index in [2.05, 4.69) is 25.2 Å². The second kappa shape index (κ2) is 17.9. The molecule has 8 heteroatoms. The average molecular weight is 573 g/mol. The van der Waals surface area contributed by atoms with E-state index in [4.69, 9.17) is 24.7 Å². The summed E-state index contributed by atoms with van der Waals surface area (Å²) in [7, 11) is 4.93. The number of hydrogen-bond donors (Lipinski definition) is 3. The first kappa shape index (κ1) is 34.4. The van der Waals surface area contributed by atoms with Gasteiger partial charge in [-0.25, -0.2) is 0 Å². The SMILES string of the molecule is COCCCOc1cc(C[C@@H](C[C@H](N)[C@@H](O)C[C@H](C(=O)NCc2ccccc2OC)C(C)C)C(C)C)ccc1OC. The summed E-state index contributed by atoms with van der Waals surface area (Å²) in [5, 5.41) is 14.2. The van der Waals surface area contributed by atoms with Crippen molar-refractivity contribution in [3.05, 3.63) is 53.6 Å². The molecule has 1 amide bonds. The van der Waals surface area contributed by atoms with E-state index < -0.39 is 12.1 Å². The molecule has 0 unspecified atom stereocenters. The third-order valence-electron chi connectivity index (χ3n) is 7.77. The predicted molar refractivity (Wildman–Crippen MR) is 163 cm³/mol. The van der Waals surface area contributed by atoms with E-state index in [9.17, 15) is 9.90 Å². The molecule has 2 aromatic rings. The number of carbonyl (C=O) groups is 1. The molecular weight excluding hydrogens is 520 g/mol. The smallest absolute Gasteiger partial charge is 0.223 e. The molecule has 0 aromatic heterocycles. The summed E-state index contributed by atoms with van der Waals surface area (Å²) < 4.78 is 22.0. The monoisotopic (exact) mass is 572 g/mol. The molecule has 0 aliphatic rings. The lowest BCUT2D eigenvalue weighted by Crippen LogP contribution is -2.42. The van der Waals surface area contributed by atoms with Crippen LogP contribution in [-0.2, 0) is 22.5 Å². The van der Waals surface area contributed by atoms with Gasteiger partial charge in [-0.1, -0.05) is 52.0 Å². The van der Waals surface area contributed by atoms with Gasteiger partial charge in [-0.15, -0.1) is 0 Å². The summed E-state index contributed by atoms with van der Waals surface area (Å²) in [6.07, 6.45) is 1.74. The van der Waals surface area contributed by atoms with E-state index in [0.717, 1.165) is 29.7 Å². The zero-order valence-electron chi connectivity index (χ0n) is 26.0. The summed E-state index contributed by atoms with van der Waals surface area (Å²) >= 11 is 0. The van der Waals surface area contributed by atoms with Gasteiger partial charge in [0.15, 0.2) is 11.5 Å². The molecule has 2 aromatic carbocycles. The number of aliphatic hydroxyl groups is 1. The molecule has 0 radical (unpaired) electrons. The standard InChI is InChI=1S/C33H52N2O6/c1-22(2)26(17-24-13-14-31(40-7)32(18-24)41-16-10-15-38-5)19-28(34)29(36)20-27(23(3)4)33(37)35-21-25-11-8-9-12-30(25)39-6/h8-9,11-14,18,22-23,26-29,36H,10,15-17,19-21,34H2,1-7H3,(H,35,37)/t26-,27-,28-,29-/m0/s1. The van der Waals surface area contributed by atoms with E-state index in [1.165, 1.54) is 0 Å². The van der Waals surface area contributed by atoms with Gasteiger partial charge >= 0.3 is 0 Å². The maximum absolute atomic E-state index is 13.2. The summed E-state index contributed by atoms with van der Waals surface area (Å²) in [6.45, 7) is 9.90. The van der Waals surface area contributed by atoms with Crippen LogP contribution in [0.15, 0.2) is 42.5 Å². The Balaban J connectivity index is 2.02. The number of carbonyl (C=O) groups excluding carboxylic acids is 1. The van der Waals surface area contributed by atoms with Crippen molar-refractivity contribution in [2.45, 2.75) is 72.1 Å². The molecule has 230 valence electrons. The van der Waals surface area contributed by atoms with Crippen LogP contribution < -0.4 is 25.3 Å². The minimum atomic E-state index is -0.795. The number of amides is 1. The highest BCUT2D eigenvalue weighted by molar-refractivity contribution is 5.79. The van der Waals surface area contributed by atoms with Crippen LogP contribution in [0.5, 0.6) is 17.2 Å². The van der Waals surface area contributed by atoms with Crippen LogP contribution in [0.4, 0.5) is 0 Å².